The summed E-state index contributed by atoms with van der Waals surface area (Å²) >= 11 is 0. The first-order chi connectivity index (χ1) is 11.0. The summed E-state index contributed by atoms with van der Waals surface area (Å²) < 4.78 is 0. The van der Waals surface area contributed by atoms with Crippen LogP contribution in [0.4, 0.5) is 5.69 Å². The molecule has 6 nitrogen and oxygen atoms in total. The molecule has 0 bridgehead atoms. The summed E-state index contributed by atoms with van der Waals surface area (Å²) in [6.07, 6.45) is 2.23. The number of anilines is 1. The molecule has 0 aromatic heterocycles. The molecular formula is C17H23N3O3. The molecule has 0 saturated carbocycles. The van der Waals surface area contributed by atoms with E-state index in [1.807, 2.05) is 13.0 Å². The lowest BCUT2D eigenvalue weighted by Gasteiger charge is -2.17. The van der Waals surface area contributed by atoms with Gasteiger partial charge in [-0.25, -0.2) is 0 Å². The van der Waals surface area contributed by atoms with Gasteiger partial charge in [-0.05, 0) is 38.0 Å². The first kappa shape index (κ1) is 17.0. The van der Waals surface area contributed by atoms with Gasteiger partial charge in [0, 0.05) is 30.8 Å². The molecule has 0 radical (unpaired) electrons. The van der Waals surface area contributed by atoms with Crippen LogP contribution in [0.1, 0.15) is 43.5 Å². The van der Waals surface area contributed by atoms with Gasteiger partial charge in [0.15, 0.2) is 0 Å². The Morgan fingerprint density at radius 1 is 1.35 bits per heavy atom. The van der Waals surface area contributed by atoms with Gasteiger partial charge in [0.25, 0.3) is 5.91 Å². The Balaban J connectivity index is 2.02. The SMILES string of the molecule is CCCNC(=O)[C@@H](C)NC(=O)c1cccc(N2CCCC2=O)c1. The van der Waals surface area contributed by atoms with Crippen molar-refractivity contribution < 1.29 is 14.4 Å². The fraction of sp³-hybridized carbons (Fsp3) is 0.471. The second-order valence-electron chi connectivity index (χ2n) is 5.69. The van der Waals surface area contributed by atoms with E-state index >= 15 is 0 Å². The summed E-state index contributed by atoms with van der Waals surface area (Å²) in [6, 6.07) is 6.33. The highest BCUT2D eigenvalue weighted by atomic mass is 16.2. The van der Waals surface area contributed by atoms with E-state index in [1.165, 1.54) is 0 Å². The largest absolute Gasteiger partial charge is 0.354 e. The molecule has 3 amide bonds. The lowest BCUT2D eigenvalue weighted by Crippen LogP contribution is -2.45. The van der Waals surface area contributed by atoms with Crippen molar-refractivity contribution in [2.75, 3.05) is 18.0 Å². The van der Waals surface area contributed by atoms with E-state index in [0.717, 1.165) is 18.5 Å². The number of hydrogen-bond donors (Lipinski definition) is 2. The Kier molecular flexibility index (Phi) is 5.73. The summed E-state index contributed by atoms with van der Waals surface area (Å²) in [5.41, 5.74) is 1.17. The Morgan fingerprint density at radius 2 is 2.13 bits per heavy atom. The fourth-order valence-electron chi connectivity index (χ4n) is 2.48. The van der Waals surface area contributed by atoms with Gasteiger partial charge in [-0.2, -0.15) is 0 Å². The quantitative estimate of drug-likeness (QED) is 0.834. The lowest BCUT2D eigenvalue weighted by atomic mass is 10.1. The average Bonchev–Trinajstić information content (AvgIpc) is 2.98. The van der Waals surface area contributed by atoms with Crippen LogP contribution in [0, 0.1) is 0 Å². The zero-order valence-electron chi connectivity index (χ0n) is 13.6. The van der Waals surface area contributed by atoms with Crippen molar-refractivity contribution in [1.82, 2.24) is 10.6 Å². The van der Waals surface area contributed by atoms with Crippen LogP contribution in [0.3, 0.4) is 0 Å². The molecule has 0 spiro atoms. The maximum atomic E-state index is 12.3. The van der Waals surface area contributed by atoms with Gasteiger partial charge in [-0.1, -0.05) is 13.0 Å². The molecule has 6 heteroatoms. The predicted molar refractivity (Wildman–Crippen MR) is 88.3 cm³/mol. The maximum Gasteiger partial charge on any atom is 0.251 e. The van der Waals surface area contributed by atoms with Crippen LogP contribution >= 0.6 is 0 Å². The van der Waals surface area contributed by atoms with Crippen LogP contribution in [0.2, 0.25) is 0 Å². The predicted octanol–water partition coefficient (Wildman–Crippen LogP) is 1.46. The van der Waals surface area contributed by atoms with Crippen molar-refractivity contribution in [3.63, 3.8) is 0 Å². The van der Waals surface area contributed by atoms with Gasteiger partial charge in [-0.3, -0.25) is 14.4 Å². The van der Waals surface area contributed by atoms with Gasteiger partial charge in [0.05, 0.1) is 0 Å². The zero-order chi connectivity index (χ0) is 16.8. The molecule has 2 rings (SSSR count). The van der Waals surface area contributed by atoms with E-state index < -0.39 is 6.04 Å². The minimum absolute atomic E-state index is 0.0786. The molecule has 1 fully saturated rings. The average molecular weight is 317 g/mol. The summed E-state index contributed by atoms with van der Waals surface area (Å²) in [6.45, 7) is 4.89. The lowest BCUT2D eigenvalue weighted by molar-refractivity contribution is -0.122. The molecule has 1 saturated heterocycles. The standard InChI is InChI=1S/C17H23N3O3/c1-3-9-18-16(22)12(2)19-17(23)13-6-4-7-14(11-13)20-10-5-8-15(20)21/h4,6-7,11-12H,3,5,8-10H2,1-2H3,(H,18,22)(H,19,23)/t12-/m1/s1. The second-order valence-corrected chi connectivity index (χ2v) is 5.69. The minimum Gasteiger partial charge on any atom is -0.354 e. The topological polar surface area (TPSA) is 78.5 Å². The molecule has 1 aliphatic rings. The highest BCUT2D eigenvalue weighted by molar-refractivity contribution is 6.00. The van der Waals surface area contributed by atoms with E-state index in [2.05, 4.69) is 10.6 Å². The number of amides is 3. The van der Waals surface area contributed by atoms with Crippen LogP contribution in [0.15, 0.2) is 24.3 Å². The van der Waals surface area contributed by atoms with E-state index in [4.69, 9.17) is 0 Å². The first-order valence-corrected chi connectivity index (χ1v) is 8.02. The smallest absolute Gasteiger partial charge is 0.251 e. The monoisotopic (exact) mass is 317 g/mol. The fourth-order valence-corrected chi connectivity index (χ4v) is 2.48. The number of carbonyl (C=O) groups excluding carboxylic acids is 3. The number of hydrogen-bond acceptors (Lipinski definition) is 3. The van der Waals surface area contributed by atoms with Crippen molar-refractivity contribution in [1.29, 1.82) is 0 Å². The minimum atomic E-state index is -0.605. The van der Waals surface area contributed by atoms with Crippen molar-refractivity contribution in [2.45, 2.75) is 39.2 Å². The number of nitrogens with one attached hydrogen (secondary N) is 2. The second kappa shape index (κ2) is 7.76. The normalized spacial score (nSPS) is 15.4. The van der Waals surface area contributed by atoms with E-state index in [9.17, 15) is 14.4 Å². The summed E-state index contributed by atoms with van der Waals surface area (Å²) in [7, 11) is 0. The van der Waals surface area contributed by atoms with E-state index in [-0.39, 0.29) is 17.7 Å². The molecule has 0 aliphatic carbocycles. The molecule has 1 aliphatic heterocycles. The molecular weight excluding hydrogens is 294 g/mol. The van der Waals surface area contributed by atoms with Gasteiger partial charge >= 0.3 is 0 Å². The molecule has 1 aromatic carbocycles. The van der Waals surface area contributed by atoms with Crippen LogP contribution in [0.5, 0.6) is 0 Å². The highest BCUT2D eigenvalue weighted by Crippen LogP contribution is 2.22. The Bertz CT molecular complexity index is 601. The van der Waals surface area contributed by atoms with Gasteiger partial charge in [0.1, 0.15) is 6.04 Å². The molecule has 1 aromatic rings. The van der Waals surface area contributed by atoms with Crippen LogP contribution < -0.4 is 15.5 Å². The van der Waals surface area contributed by atoms with E-state index in [0.29, 0.717) is 25.1 Å². The molecule has 1 heterocycles. The Labute approximate surface area is 136 Å². The summed E-state index contributed by atoms with van der Waals surface area (Å²) in [5, 5.41) is 5.42. The van der Waals surface area contributed by atoms with Crippen LogP contribution in [-0.4, -0.2) is 36.9 Å². The molecule has 2 N–H and O–H groups in total. The number of benzene rings is 1. The Hall–Kier alpha value is -2.37. The third-order valence-electron chi connectivity index (χ3n) is 3.78. The number of carbonyl (C=O) groups is 3. The number of rotatable bonds is 6. The van der Waals surface area contributed by atoms with Crippen molar-refractivity contribution in [3.8, 4) is 0 Å². The molecule has 0 unspecified atom stereocenters. The maximum absolute atomic E-state index is 12.3. The third kappa shape index (κ3) is 4.31. The summed E-state index contributed by atoms with van der Waals surface area (Å²) in [5.74, 6) is -0.446. The van der Waals surface area contributed by atoms with Crippen molar-refractivity contribution in [2.24, 2.45) is 0 Å². The highest BCUT2D eigenvalue weighted by Gasteiger charge is 2.23. The van der Waals surface area contributed by atoms with Gasteiger partial charge in [0.2, 0.25) is 11.8 Å². The Morgan fingerprint density at radius 3 is 2.78 bits per heavy atom. The first-order valence-electron chi connectivity index (χ1n) is 8.02. The number of nitrogens with zero attached hydrogens (tertiary/aromatic N) is 1. The third-order valence-corrected chi connectivity index (χ3v) is 3.78. The van der Waals surface area contributed by atoms with Crippen molar-refractivity contribution in [3.05, 3.63) is 29.8 Å². The molecule has 23 heavy (non-hydrogen) atoms. The van der Waals surface area contributed by atoms with Crippen molar-refractivity contribution >= 4 is 23.4 Å². The van der Waals surface area contributed by atoms with Crippen LogP contribution in [-0.2, 0) is 9.59 Å². The summed E-state index contributed by atoms with van der Waals surface area (Å²) in [4.78, 5) is 37.6. The molecule has 124 valence electrons. The van der Waals surface area contributed by atoms with E-state index in [1.54, 1.807) is 30.0 Å². The van der Waals surface area contributed by atoms with Crippen LogP contribution in [0.25, 0.3) is 0 Å². The molecule has 1 atom stereocenters. The van der Waals surface area contributed by atoms with Gasteiger partial charge < -0.3 is 15.5 Å². The van der Waals surface area contributed by atoms with Gasteiger partial charge in [-0.15, -0.1) is 0 Å². The zero-order valence-corrected chi connectivity index (χ0v) is 13.6.